The normalized spacial score (nSPS) is 18.2. The van der Waals surface area contributed by atoms with Crippen molar-refractivity contribution >= 4 is 15.6 Å². The first-order valence-corrected chi connectivity index (χ1v) is 10.4. The Bertz CT molecular complexity index is 837. The van der Waals surface area contributed by atoms with Crippen molar-refractivity contribution < 1.29 is 8.42 Å². The molecule has 132 valence electrons. The molecular weight excluding hydrogens is 330 g/mol. The van der Waals surface area contributed by atoms with Crippen molar-refractivity contribution in [1.82, 2.24) is 4.72 Å². The molecule has 0 fully saturated rings. The van der Waals surface area contributed by atoms with Crippen LogP contribution < -0.4 is 4.72 Å². The molecule has 0 spiro atoms. The van der Waals surface area contributed by atoms with Crippen LogP contribution in [0.15, 0.2) is 60.7 Å². The van der Waals surface area contributed by atoms with Crippen LogP contribution in [0.2, 0.25) is 0 Å². The summed E-state index contributed by atoms with van der Waals surface area (Å²) < 4.78 is 27.4. The largest absolute Gasteiger partial charge is 0.214 e. The molecule has 0 aromatic heterocycles. The van der Waals surface area contributed by atoms with Crippen LogP contribution >= 0.6 is 0 Å². The van der Waals surface area contributed by atoms with Crippen molar-refractivity contribution in [2.24, 2.45) is 0 Å². The lowest BCUT2D eigenvalue weighted by atomic mass is 9.89. The third kappa shape index (κ3) is 4.20. The molecule has 0 amide bonds. The molecule has 0 heterocycles. The van der Waals surface area contributed by atoms with Crippen LogP contribution in [0.25, 0.3) is 16.7 Å². The minimum atomic E-state index is -3.28. The van der Waals surface area contributed by atoms with Crippen LogP contribution in [0.4, 0.5) is 0 Å². The van der Waals surface area contributed by atoms with Gasteiger partial charge in [-0.15, -0.1) is 0 Å². The van der Waals surface area contributed by atoms with Crippen LogP contribution in [-0.2, 0) is 10.0 Å². The predicted molar refractivity (Wildman–Crippen MR) is 105 cm³/mol. The second-order valence-corrected chi connectivity index (χ2v) is 9.07. The van der Waals surface area contributed by atoms with E-state index in [0.717, 1.165) is 30.4 Å². The Balaban J connectivity index is 1.85. The number of hydrogen-bond donors (Lipinski definition) is 1. The van der Waals surface area contributed by atoms with Gasteiger partial charge in [0.05, 0.1) is 5.25 Å². The van der Waals surface area contributed by atoms with Gasteiger partial charge in [0, 0.05) is 6.04 Å². The quantitative estimate of drug-likeness (QED) is 0.851. The lowest BCUT2D eigenvalue weighted by Gasteiger charge is -2.26. The summed E-state index contributed by atoms with van der Waals surface area (Å²) in [4.78, 5) is 0. The fourth-order valence-corrected chi connectivity index (χ4v) is 4.05. The summed E-state index contributed by atoms with van der Waals surface area (Å²) in [6.07, 6.45) is 5.03. The van der Waals surface area contributed by atoms with E-state index in [1.54, 1.807) is 13.8 Å². The molecule has 2 aromatic carbocycles. The molecule has 3 nitrogen and oxygen atoms in total. The van der Waals surface area contributed by atoms with Gasteiger partial charge in [-0.3, -0.25) is 0 Å². The highest BCUT2D eigenvalue weighted by atomic mass is 32.2. The molecule has 25 heavy (non-hydrogen) atoms. The number of hydrogen-bond acceptors (Lipinski definition) is 2. The summed E-state index contributed by atoms with van der Waals surface area (Å²) >= 11 is 0. The third-order valence-corrected chi connectivity index (χ3v) is 6.54. The monoisotopic (exact) mass is 355 g/mol. The van der Waals surface area contributed by atoms with E-state index >= 15 is 0 Å². The van der Waals surface area contributed by atoms with Crippen LogP contribution in [0.1, 0.15) is 38.7 Å². The lowest BCUT2D eigenvalue weighted by Crippen LogP contribution is -2.40. The summed E-state index contributed by atoms with van der Waals surface area (Å²) in [7, 11) is -3.28. The van der Waals surface area contributed by atoms with Crippen molar-refractivity contribution in [2.75, 3.05) is 0 Å². The predicted octanol–water partition coefficient (Wildman–Crippen LogP) is 4.62. The molecule has 3 rings (SSSR count). The van der Waals surface area contributed by atoms with E-state index in [4.69, 9.17) is 0 Å². The maximum Gasteiger partial charge on any atom is 0.214 e. The van der Waals surface area contributed by atoms with Gasteiger partial charge in [-0.25, -0.2) is 13.1 Å². The molecule has 2 aromatic rings. The minimum absolute atomic E-state index is 0.135. The van der Waals surface area contributed by atoms with Crippen molar-refractivity contribution in [3.05, 3.63) is 66.2 Å². The van der Waals surface area contributed by atoms with Crippen molar-refractivity contribution in [3.8, 4) is 11.1 Å². The second-order valence-electron chi connectivity index (χ2n) is 6.80. The molecule has 0 aliphatic heterocycles. The number of sulfonamides is 1. The highest BCUT2D eigenvalue weighted by Crippen LogP contribution is 2.30. The smallest absolute Gasteiger partial charge is 0.212 e. The zero-order valence-corrected chi connectivity index (χ0v) is 15.6. The summed E-state index contributed by atoms with van der Waals surface area (Å²) in [6.45, 7) is 3.42. The number of nitrogens with one attached hydrogen (secondary N) is 1. The molecule has 0 bridgehead atoms. The van der Waals surface area contributed by atoms with Gasteiger partial charge in [-0.1, -0.05) is 60.7 Å². The maximum absolute atomic E-state index is 12.3. The summed E-state index contributed by atoms with van der Waals surface area (Å²) in [5.74, 6) is 0. The van der Waals surface area contributed by atoms with E-state index < -0.39 is 15.3 Å². The fourth-order valence-electron chi connectivity index (χ4n) is 3.14. The average molecular weight is 356 g/mol. The molecule has 4 heteroatoms. The first-order chi connectivity index (χ1) is 12.0. The Labute approximate surface area is 150 Å². The van der Waals surface area contributed by atoms with E-state index in [9.17, 15) is 8.42 Å². The summed E-state index contributed by atoms with van der Waals surface area (Å²) in [5.41, 5.74) is 4.54. The van der Waals surface area contributed by atoms with Gasteiger partial charge in [0.15, 0.2) is 0 Å². The molecule has 0 radical (unpaired) electrons. The molecular formula is C21H25NO2S. The van der Waals surface area contributed by atoms with Gasteiger partial charge >= 0.3 is 0 Å². The van der Waals surface area contributed by atoms with Gasteiger partial charge in [0.25, 0.3) is 0 Å². The SMILES string of the molecule is CC(C)S(=O)(=O)NC1CCCC=C1c1ccc(-c2ccccc2)cc1. The molecule has 1 unspecified atom stereocenters. The highest BCUT2D eigenvalue weighted by molar-refractivity contribution is 7.90. The summed E-state index contributed by atoms with van der Waals surface area (Å²) in [5, 5.41) is -0.420. The van der Waals surface area contributed by atoms with Crippen LogP contribution in [0.3, 0.4) is 0 Å². The van der Waals surface area contributed by atoms with E-state index in [2.05, 4.69) is 47.2 Å². The number of benzene rings is 2. The molecule has 1 N–H and O–H groups in total. The van der Waals surface area contributed by atoms with Gasteiger partial charge in [-0.2, -0.15) is 0 Å². The molecule has 1 atom stereocenters. The Morgan fingerprint density at radius 1 is 0.920 bits per heavy atom. The van der Waals surface area contributed by atoms with E-state index in [1.807, 2.05) is 18.2 Å². The van der Waals surface area contributed by atoms with Crippen LogP contribution in [-0.4, -0.2) is 19.7 Å². The first-order valence-electron chi connectivity index (χ1n) is 8.84. The molecule has 1 aliphatic rings. The maximum atomic E-state index is 12.3. The Morgan fingerprint density at radius 2 is 1.52 bits per heavy atom. The lowest BCUT2D eigenvalue weighted by molar-refractivity contribution is 0.547. The highest BCUT2D eigenvalue weighted by Gasteiger charge is 2.26. The number of rotatable bonds is 5. The van der Waals surface area contributed by atoms with Gasteiger partial charge < -0.3 is 0 Å². The van der Waals surface area contributed by atoms with Crippen molar-refractivity contribution in [3.63, 3.8) is 0 Å². The number of allylic oxidation sites excluding steroid dienone is 1. The van der Waals surface area contributed by atoms with Crippen LogP contribution in [0, 0.1) is 0 Å². The topological polar surface area (TPSA) is 46.2 Å². The second kappa shape index (κ2) is 7.54. The average Bonchev–Trinajstić information content (AvgIpc) is 2.63. The zero-order chi connectivity index (χ0) is 17.9. The fraction of sp³-hybridized carbons (Fsp3) is 0.333. The molecule has 0 saturated carbocycles. The Hall–Kier alpha value is -1.91. The molecule has 1 aliphatic carbocycles. The Morgan fingerprint density at radius 3 is 2.16 bits per heavy atom. The van der Waals surface area contributed by atoms with E-state index in [-0.39, 0.29) is 6.04 Å². The standard InChI is InChI=1S/C21H25NO2S/c1-16(2)25(23,24)22-21-11-7-6-10-20(21)19-14-12-18(13-15-19)17-8-4-3-5-9-17/h3-5,8-10,12-16,21-22H,6-7,11H2,1-2H3. The Kier molecular flexibility index (Phi) is 5.40. The first kappa shape index (κ1) is 17.9. The third-order valence-electron chi connectivity index (χ3n) is 4.69. The van der Waals surface area contributed by atoms with Gasteiger partial charge in [0.1, 0.15) is 0 Å². The van der Waals surface area contributed by atoms with Crippen LogP contribution in [0.5, 0.6) is 0 Å². The summed E-state index contributed by atoms with van der Waals surface area (Å²) in [6, 6.07) is 18.5. The van der Waals surface area contributed by atoms with E-state index in [0.29, 0.717) is 0 Å². The van der Waals surface area contributed by atoms with Gasteiger partial charge in [0.2, 0.25) is 10.0 Å². The van der Waals surface area contributed by atoms with Gasteiger partial charge in [-0.05, 0) is 55.4 Å². The van der Waals surface area contributed by atoms with Crippen molar-refractivity contribution in [2.45, 2.75) is 44.4 Å². The van der Waals surface area contributed by atoms with Crippen molar-refractivity contribution in [1.29, 1.82) is 0 Å². The minimum Gasteiger partial charge on any atom is -0.212 e. The molecule has 0 saturated heterocycles. The van der Waals surface area contributed by atoms with E-state index in [1.165, 1.54) is 11.1 Å². The zero-order valence-electron chi connectivity index (χ0n) is 14.8.